The molecule has 0 fully saturated rings. The van der Waals surface area contributed by atoms with E-state index in [1.807, 2.05) is 44.0 Å². The Morgan fingerprint density at radius 1 is 1.29 bits per heavy atom. The Kier molecular flexibility index (Phi) is 7.02. The summed E-state index contributed by atoms with van der Waals surface area (Å²) in [4.78, 5) is 13.8. The molecule has 0 saturated carbocycles. The lowest BCUT2D eigenvalue weighted by molar-refractivity contribution is -0.125. The second-order valence-corrected chi connectivity index (χ2v) is 4.99. The summed E-state index contributed by atoms with van der Waals surface area (Å²) in [6, 6.07) is 5.77. The van der Waals surface area contributed by atoms with Crippen LogP contribution in [-0.2, 0) is 11.2 Å². The first-order chi connectivity index (χ1) is 10.0. The maximum Gasteiger partial charge on any atom is 0.237 e. The van der Waals surface area contributed by atoms with Crippen molar-refractivity contribution in [1.82, 2.24) is 10.2 Å². The standard InChI is InChI=1S/C16H26N2O3/c1-6-17-16(19)12(2)18(3)10-9-13-7-8-14(20-4)15(11-13)21-5/h7-8,11-12H,6,9-10H2,1-5H3,(H,17,19)/t12-/m1/s1. The van der Waals surface area contributed by atoms with Gasteiger partial charge in [0.15, 0.2) is 11.5 Å². The molecule has 5 nitrogen and oxygen atoms in total. The van der Waals surface area contributed by atoms with Crippen molar-refractivity contribution in [2.75, 3.05) is 34.4 Å². The van der Waals surface area contributed by atoms with E-state index >= 15 is 0 Å². The minimum absolute atomic E-state index is 0.0623. The smallest absolute Gasteiger partial charge is 0.237 e. The molecule has 0 radical (unpaired) electrons. The van der Waals surface area contributed by atoms with E-state index in [4.69, 9.17) is 9.47 Å². The van der Waals surface area contributed by atoms with Gasteiger partial charge < -0.3 is 14.8 Å². The number of amides is 1. The van der Waals surface area contributed by atoms with E-state index in [1.165, 1.54) is 0 Å². The van der Waals surface area contributed by atoms with Crippen molar-refractivity contribution in [3.05, 3.63) is 23.8 Å². The molecule has 0 bridgehead atoms. The van der Waals surface area contributed by atoms with Crippen molar-refractivity contribution < 1.29 is 14.3 Å². The fourth-order valence-electron chi connectivity index (χ4n) is 2.06. The number of hydrogen-bond donors (Lipinski definition) is 1. The highest BCUT2D eigenvalue weighted by Gasteiger charge is 2.16. The lowest BCUT2D eigenvalue weighted by Crippen LogP contribution is -2.43. The molecule has 1 atom stereocenters. The number of nitrogens with zero attached hydrogens (tertiary/aromatic N) is 1. The van der Waals surface area contributed by atoms with Gasteiger partial charge in [-0.25, -0.2) is 0 Å². The highest BCUT2D eigenvalue weighted by molar-refractivity contribution is 5.81. The lowest BCUT2D eigenvalue weighted by atomic mass is 10.1. The molecule has 0 unspecified atom stereocenters. The zero-order chi connectivity index (χ0) is 15.8. The first-order valence-corrected chi connectivity index (χ1v) is 7.22. The summed E-state index contributed by atoms with van der Waals surface area (Å²) in [6.45, 7) is 5.30. The molecule has 5 heteroatoms. The van der Waals surface area contributed by atoms with Crippen molar-refractivity contribution in [3.8, 4) is 11.5 Å². The summed E-state index contributed by atoms with van der Waals surface area (Å²) in [5.41, 5.74) is 1.16. The van der Waals surface area contributed by atoms with Crippen LogP contribution in [-0.4, -0.2) is 51.2 Å². The largest absolute Gasteiger partial charge is 0.493 e. The van der Waals surface area contributed by atoms with E-state index in [1.54, 1.807) is 14.2 Å². The van der Waals surface area contributed by atoms with Gasteiger partial charge in [-0.15, -0.1) is 0 Å². The van der Waals surface area contributed by atoms with Gasteiger partial charge in [0.2, 0.25) is 5.91 Å². The maximum absolute atomic E-state index is 11.8. The molecule has 1 aromatic carbocycles. The fraction of sp³-hybridized carbons (Fsp3) is 0.562. The number of rotatable bonds is 8. The fourth-order valence-corrected chi connectivity index (χ4v) is 2.06. The molecule has 1 aromatic rings. The zero-order valence-electron chi connectivity index (χ0n) is 13.6. The van der Waals surface area contributed by atoms with Crippen molar-refractivity contribution in [2.45, 2.75) is 26.3 Å². The number of likely N-dealkylation sites (N-methyl/N-ethyl adjacent to an activating group) is 2. The highest BCUT2D eigenvalue weighted by Crippen LogP contribution is 2.27. The van der Waals surface area contributed by atoms with E-state index in [-0.39, 0.29) is 11.9 Å². The molecule has 21 heavy (non-hydrogen) atoms. The van der Waals surface area contributed by atoms with Gasteiger partial charge in [-0.3, -0.25) is 9.69 Å². The molecular formula is C16H26N2O3. The van der Waals surface area contributed by atoms with Gasteiger partial charge in [-0.1, -0.05) is 6.07 Å². The number of benzene rings is 1. The second kappa shape index (κ2) is 8.52. The quantitative estimate of drug-likeness (QED) is 0.793. The van der Waals surface area contributed by atoms with E-state index in [0.717, 1.165) is 30.0 Å². The number of carbonyl (C=O) groups is 1. The summed E-state index contributed by atoms with van der Waals surface area (Å²) in [6.07, 6.45) is 0.848. The zero-order valence-corrected chi connectivity index (χ0v) is 13.6. The van der Waals surface area contributed by atoms with Crippen LogP contribution in [0.4, 0.5) is 0 Å². The van der Waals surface area contributed by atoms with Crippen LogP contribution in [0.15, 0.2) is 18.2 Å². The molecule has 0 aliphatic heterocycles. The van der Waals surface area contributed by atoms with E-state index < -0.39 is 0 Å². The molecule has 118 valence electrons. The topological polar surface area (TPSA) is 50.8 Å². The van der Waals surface area contributed by atoms with Gasteiger partial charge >= 0.3 is 0 Å². The SMILES string of the molecule is CCNC(=O)[C@@H](C)N(C)CCc1ccc(OC)c(OC)c1. The average molecular weight is 294 g/mol. The third kappa shape index (κ3) is 4.93. The second-order valence-electron chi connectivity index (χ2n) is 4.99. The van der Waals surface area contributed by atoms with Crippen LogP contribution in [0.2, 0.25) is 0 Å². The Bertz CT molecular complexity index is 463. The minimum atomic E-state index is -0.134. The van der Waals surface area contributed by atoms with Crippen LogP contribution in [0.25, 0.3) is 0 Å². The van der Waals surface area contributed by atoms with Gasteiger partial charge in [0.05, 0.1) is 20.3 Å². The number of hydrogen-bond acceptors (Lipinski definition) is 4. The van der Waals surface area contributed by atoms with Crippen molar-refractivity contribution in [2.24, 2.45) is 0 Å². The summed E-state index contributed by atoms with van der Waals surface area (Å²) in [5.74, 6) is 1.52. The van der Waals surface area contributed by atoms with Crippen LogP contribution in [0, 0.1) is 0 Å². The van der Waals surface area contributed by atoms with Gasteiger partial charge in [0, 0.05) is 13.1 Å². The van der Waals surface area contributed by atoms with Crippen LogP contribution in [0.3, 0.4) is 0 Å². The van der Waals surface area contributed by atoms with Crippen LogP contribution < -0.4 is 14.8 Å². The molecule has 0 heterocycles. The molecule has 0 aliphatic carbocycles. The number of carbonyl (C=O) groups excluding carboxylic acids is 1. The Labute approximate surface area is 127 Å². The first-order valence-electron chi connectivity index (χ1n) is 7.22. The summed E-state index contributed by atoms with van der Waals surface area (Å²) >= 11 is 0. The van der Waals surface area contributed by atoms with Gasteiger partial charge in [0.1, 0.15) is 0 Å². The van der Waals surface area contributed by atoms with Crippen LogP contribution in [0.5, 0.6) is 11.5 Å². The van der Waals surface area contributed by atoms with Crippen molar-refractivity contribution in [1.29, 1.82) is 0 Å². The minimum Gasteiger partial charge on any atom is -0.493 e. The number of nitrogens with one attached hydrogen (secondary N) is 1. The monoisotopic (exact) mass is 294 g/mol. The average Bonchev–Trinajstić information content (AvgIpc) is 2.51. The summed E-state index contributed by atoms with van der Waals surface area (Å²) < 4.78 is 10.5. The number of ether oxygens (including phenoxy) is 2. The molecule has 0 aliphatic rings. The Balaban J connectivity index is 2.60. The third-order valence-corrected chi connectivity index (χ3v) is 3.59. The molecule has 1 amide bonds. The first kappa shape index (κ1) is 17.3. The number of methoxy groups -OCH3 is 2. The molecule has 0 aromatic heterocycles. The van der Waals surface area contributed by atoms with E-state index in [2.05, 4.69) is 5.32 Å². The molecule has 1 rings (SSSR count). The molecule has 1 N–H and O–H groups in total. The Hall–Kier alpha value is -1.75. The predicted molar refractivity (Wildman–Crippen MR) is 84.0 cm³/mol. The molecule has 0 spiro atoms. The molecule has 0 saturated heterocycles. The van der Waals surface area contributed by atoms with Crippen LogP contribution in [0.1, 0.15) is 19.4 Å². The lowest BCUT2D eigenvalue weighted by Gasteiger charge is -2.23. The Morgan fingerprint density at radius 3 is 2.52 bits per heavy atom. The third-order valence-electron chi connectivity index (χ3n) is 3.59. The predicted octanol–water partition coefficient (Wildman–Crippen LogP) is 1.70. The van der Waals surface area contributed by atoms with Crippen LogP contribution >= 0.6 is 0 Å². The van der Waals surface area contributed by atoms with Gasteiger partial charge in [-0.05, 0) is 45.0 Å². The summed E-state index contributed by atoms with van der Waals surface area (Å²) in [7, 11) is 5.21. The van der Waals surface area contributed by atoms with E-state index in [0.29, 0.717) is 6.54 Å². The highest BCUT2D eigenvalue weighted by atomic mass is 16.5. The van der Waals surface area contributed by atoms with E-state index in [9.17, 15) is 4.79 Å². The van der Waals surface area contributed by atoms with Crippen molar-refractivity contribution in [3.63, 3.8) is 0 Å². The normalized spacial score (nSPS) is 12.1. The maximum atomic E-state index is 11.8. The van der Waals surface area contributed by atoms with Crippen molar-refractivity contribution >= 4 is 5.91 Å². The summed E-state index contributed by atoms with van der Waals surface area (Å²) in [5, 5.41) is 2.84. The molecular weight excluding hydrogens is 268 g/mol. The van der Waals surface area contributed by atoms with Gasteiger partial charge in [-0.2, -0.15) is 0 Å². The van der Waals surface area contributed by atoms with Gasteiger partial charge in [0.25, 0.3) is 0 Å². The Morgan fingerprint density at radius 2 is 1.95 bits per heavy atom.